The minimum Gasteiger partial charge on any atom is -0.343 e. The summed E-state index contributed by atoms with van der Waals surface area (Å²) in [6.45, 7) is 3.98. The third-order valence-electron chi connectivity index (χ3n) is 5.12. The number of benzene rings is 1. The molecule has 0 spiro atoms. The largest absolute Gasteiger partial charge is 0.343 e. The van der Waals surface area contributed by atoms with E-state index in [4.69, 9.17) is 5.73 Å². The first-order valence-electron chi connectivity index (χ1n) is 9.08. The van der Waals surface area contributed by atoms with Gasteiger partial charge in [-0.2, -0.15) is 0 Å². The van der Waals surface area contributed by atoms with Crippen LogP contribution in [0.15, 0.2) is 34.2 Å². The van der Waals surface area contributed by atoms with Gasteiger partial charge >= 0.3 is 0 Å². The number of rotatable bonds is 5. The van der Waals surface area contributed by atoms with E-state index in [9.17, 15) is 13.2 Å². The predicted octanol–water partition coefficient (Wildman–Crippen LogP) is 1.51. The van der Waals surface area contributed by atoms with Crippen LogP contribution in [0.25, 0.3) is 0 Å². The summed E-state index contributed by atoms with van der Waals surface area (Å²) in [5.41, 5.74) is 6.53. The lowest BCUT2D eigenvalue weighted by Gasteiger charge is -2.33. The van der Waals surface area contributed by atoms with Gasteiger partial charge in [0.25, 0.3) is 10.0 Å². The summed E-state index contributed by atoms with van der Waals surface area (Å²) in [6.07, 6.45) is 2.95. The topological polar surface area (TPSA) is 105 Å². The molecule has 2 heterocycles. The minimum atomic E-state index is -3.50. The number of aliphatic imine (C=N–C) groups is 1. The lowest BCUT2D eigenvalue weighted by Crippen LogP contribution is -2.42. The van der Waals surface area contributed by atoms with Crippen LogP contribution in [0.2, 0.25) is 0 Å². The molecule has 3 N–H and O–H groups in total. The molecule has 2 aliphatic rings. The number of nitrogens with two attached hydrogens (primary N) is 1. The van der Waals surface area contributed by atoms with E-state index < -0.39 is 10.0 Å². The smallest absolute Gasteiger partial charge is 0.263 e. The van der Waals surface area contributed by atoms with E-state index >= 15 is 0 Å². The zero-order valence-electron chi connectivity index (χ0n) is 15.4. The number of amidine groups is 1. The van der Waals surface area contributed by atoms with Gasteiger partial charge in [0.15, 0.2) is 0 Å². The van der Waals surface area contributed by atoms with E-state index in [1.54, 1.807) is 24.3 Å². The van der Waals surface area contributed by atoms with Crippen molar-refractivity contribution in [2.24, 2.45) is 16.6 Å². The van der Waals surface area contributed by atoms with E-state index in [2.05, 4.69) is 9.71 Å². The Hall–Kier alpha value is -1.64. The SMILES string of the molecule is CC(N)C1CCN(C(=O)CCCN=C2NS(=O)(=O)c3ccccc32)CC1.Cl. The Labute approximate surface area is 166 Å². The number of nitrogens with one attached hydrogen (secondary N) is 1. The molecular formula is C18H27ClN4O3S. The molecule has 1 aromatic rings. The van der Waals surface area contributed by atoms with Gasteiger partial charge in [0.05, 0.1) is 4.90 Å². The van der Waals surface area contributed by atoms with Crippen LogP contribution in [0, 0.1) is 5.92 Å². The molecule has 9 heteroatoms. The molecule has 0 radical (unpaired) electrons. The molecule has 0 aromatic heterocycles. The molecular weight excluding hydrogens is 388 g/mol. The molecule has 2 aliphatic heterocycles. The number of fused-ring (bicyclic) bond motifs is 1. The van der Waals surface area contributed by atoms with E-state index in [-0.39, 0.29) is 29.3 Å². The molecule has 150 valence electrons. The number of carbonyl (C=O) groups is 1. The van der Waals surface area contributed by atoms with Crippen molar-refractivity contribution in [3.8, 4) is 0 Å². The Morgan fingerprint density at radius 1 is 1.33 bits per heavy atom. The summed E-state index contributed by atoms with van der Waals surface area (Å²) in [7, 11) is -3.50. The quantitative estimate of drug-likeness (QED) is 0.712. The maximum absolute atomic E-state index is 12.3. The number of amides is 1. The lowest BCUT2D eigenvalue weighted by molar-refractivity contribution is -0.132. The summed E-state index contributed by atoms with van der Waals surface area (Å²) in [4.78, 5) is 18.8. The van der Waals surface area contributed by atoms with Gasteiger partial charge < -0.3 is 10.6 Å². The monoisotopic (exact) mass is 414 g/mol. The average molecular weight is 415 g/mol. The number of carbonyl (C=O) groups excluding carboxylic acids is 1. The fraction of sp³-hybridized carbons (Fsp3) is 0.556. The molecule has 0 bridgehead atoms. The molecule has 1 saturated heterocycles. The summed E-state index contributed by atoms with van der Waals surface area (Å²) >= 11 is 0. The van der Waals surface area contributed by atoms with E-state index in [1.807, 2.05) is 11.8 Å². The lowest BCUT2D eigenvalue weighted by atomic mass is 9.91. The van der Waals surface area contributed by atoms with Crippen LogP contribution in [-0.4, -0.2) is 50.7 Å². The Kier molecular flexibility index (Phi) is 7.25. The molecule has 1 atom stereocenters. The highest BCUT2D eigenvalue weighted by Gasteiger charge is 2.30. The Bertz CT molecular complexity index is 803. The first-order chi connectivity index (χ1) is 12.4. The molecule has 27 heavy (non-hydrogen) atoms. The number of sulfonamides is 1. The second-order valence-corrected chi connectivity index (χ2v) is 8.66. The van der Waals surface area contributed by atoms with Gasteiger partial charge in [0.2, 0.25) is 5.91 Å². The van der Waals surface area contributed by atoms with Crippen molar-refractivity contribution >= 4 is 34.2 Å². The van der Waals surface area contributed by atoms with Gasteiger partial charge in [-0.3, -0.25) is 14.5 Å². The predicted molar refractivity (Wildman–Crippen MR) is 108 cm³/mol. The number of hydrogen-bond acceptors (Lipinski definition) is 5. The van der Waals surface area contributed by atoms with Gasteiger partial charge in [0, 0.05) is 37.7 Å². The van der Waals surface area contributed by atoms with Crippen LogP contribution in [0.4, 0.5) is 0 Å². The van der Waals surface area contributed by atoms with E-state index in [1.165, 1.54) is 0 Å². The van der Waals surface area contributed by atoms with Gasteiger partial charge in [-0.05, 0) is 44.2 Å². The fourth-order valence-corrected chi connectivity index (χ4v) is 4.76. The normalized spacial score (nSPS) is 21.3. The molecule has 0 aliphatic carbocycles. The standard InChI is InChI=1S/C18H26N4O3S.ClH/c1-13(19)14-8-11-22(12-9-14)17(23)7-4-10-20-18-15-5-2-3-6-16(15)26(24,25)21-18;/h2-3,5-6,13-14H,4,7-12,19H2,1H3,(H,20,21);1H. The Morgan fingerprint density at radius 3 is 2.67 bits per heavy atom. The number of likely N-dealkylation sites (tertiary alicyclic amines) is 1. The van der Waals surface area contributed by atoms with Gasteiger partial charge in [-0.1, -0.05) is 12.1 Å². The van der Waals surface area contributed by atoms with Crippen molar-refractivity contribution < 1.29 is 13.2 Å². The zero-order valence-corrected chi connectivity index (χ0v) is 17.1. The number of hydrogen-bond donors (Lipinski definition) is 2. The van der Waals surface area contributed by atoms with Crippen LogP contribution in [0.5, 0.6) is 0 Å². The zero-order chi connectivity index (χ0) is 18.7. The third-order valence-corrected chi connectivity index (χ3v) is 6.51. The number of nitrogens with zero attached hydrogens (tertiary/aromatic N) is 2. The molecule has 1 aromatic carbocycles. The van der Waals surface area contributed by atoms with Crippen LogP contribution in [0.3, 0.4) is 0 Å². The average Bonchev–Trinajstić information content (AvgIpc) is 2.89. The summed E-state index contributed by atoms with van der Waals surface area (Å²) in [6, 6.07) is 6.95. The molecule has 1 unspecified atom stereocenters. The van der Waals surface area contributed by atoms with Crippen molar-refractivity contribution in [2.45, 2.75) is 43.5 Å². The summed E-state index contributed by atoms with van der Waals surface area (Å²) in [5, 5.41) is 0. The minimum absolute atomic E-state index is 0. The van der Waals surface area contributed by atoms with E-state index in [0.29, 0.717) is 36.7 Å². The molecule has 1 amide bonds. The summed E-state index contributed by atoms with van der Waals surface area (Å²) < 4.78 is 26.5. The van der Waals surface area contributed by atoms with Crippen molar-refractivity contribution in [3.63, 3.8) is 0 Å². The highest BCUT2D eigenvalue weighted by Crippen LogP contribution is 2.22. The number of halogens is 1. The van der Waals surface area contributed by atoms with Gasteiger partial charge in [-0.25, -0.2) is 8.42 Å². The van der Waals surface area contributed by atoms with Gasteiger partial charge in [0.1, 0.15) is 5.84 Å². The Morgan fingerprint density at radius 2 is 2.00 bits per heavy atom. The molecule has 1 fully saturated rings. The van der Waals surface area contributed by atoms with Crippen LogP contribution in [0.1, 0.15) is 38.2 Å². The highest BCUT2D eigenvalue weighted by atomic mass is 35.5. The first-order valence-corrected chi connectivity index (χ1v) is 10.6. The van der Waals surface area contributed by atoms with Crippen molar-refractivity contribution in [1.82, 2.24) is 9.62 Å². The molecule has 3 rings (SSSR count). The second kappa shape index (κ2) is 9.03. The maximum Gasteiger partial charge on any atom is 0.263 e. The molecule has 7 nitrogen and oxygen atoms in total. The highest BCUT2D eigenvalue weighted by molar-refractivity contribution is 7.90. The molecule has 0 saturated carbocycles. The van der Waals surface area contributed by atoms with Crippen LogP contribution >= 0.6 is 12.4 Å². The number of piperidine rings is 1. The van der Waals surface area contributed by atoms with Crippen molar-refractivity contribution in [3.05, 3.63) is 29.8 Å². The van der Waals surface area contributed by atoms with Crippen LogP contribution < -0.4 is 10.5 Å². The van der Waals surface area contributed by atoms with Crippen LogP contribution in [-0.2, 0) is 14.8 Å². The second-order valence-electron chi connectivity index (χ2n) is 7.01. The van der Waals surface area contributed by atoms with Gasteiger partial charge in [-0.15, -0.1) is 12.4 Å². The third kappa shape index (κ3) is 5.00. The Balaban J connectivity index is 0.00000261. The van der Waals surface area contributed by atoms with E-state index in [0.717, 1.165) is 25.9 Å². The summed E-state index contributed by atoms with van der Waals surface area (Å²) in [5.74, 6) is 1.01. The fourth-order valence-electron chi connectivity index (χ4n) is 3.51. The van der Waals surface area contributed by atoms with Crippen molar-refractivity contribution in [2.75, 3.05) is 19.6 Å². The maximum atomic E-state index is 12.3. The first kappa shape index (κ1) is 21.7. The van der Waals surface area contributed by atoms with Crippen molar-refractivity contribution in [1.29, 1.82) is 0 Å².